The van der Waals surface area contributed by atoms with E-state index in [1.54, 1.807) is 25.1 Å². The zero-order valence-corrected chi connectivity index (χ0v) is 12.3. The molecule has 0 aliphatic carbocycles. The van der Waals surface area contributed by atoms with Gasteiger partial charge in [-0.25, -0.2) is 4.79 Å². The van der Waals surface area contributed by atoms with E-state index in [2.05, 4.69) is 4.98 Å². The first-order valence-corrected chi connectivity index (χ1v) is 6.88. The van der Waals surface area contributed by atoms with Gasteiger partial charge in [0, 0.05) is 17.8 Å². The Kier molecular flexibility index (Phi) is 5.16. The van der Waals surface area contributed by atoms with Gasteiger partial charge in [-0.05, 0) is 36.8 Å². The molecule has 0 radical (unpaired) electrons. The van der Waals surface area contributed by atoms with Gasteiger partial charge in [-0.15, -0.1) is 0 Å². The maximum atomic E-state index is 12.7. The summed E-state index contributed by atoms with van der Waals surface area (Å²) in [4.78, 5) is 15.3. The molecule has 2 aromatic rings. The molecule has 120 valence electrons. The van der Waals surface area contributed by atoms with Crippen LogP contribution in [0.2, 0.25) is 0 Å². The summed E-state index contributed by atoms with van der Waals surface area (Å²) >= 11 is 0. The third kappa shape index (κ3) is 4.67. The maximum absolute atomic E-state index is 12.7. The highest BCUT2D eigenvalue weighted by molar-refractivity contribution is 5.87. The number of carbonyl (C=O) groups is 1. The predicted octanol–water partition coefficient (Wildman–Crippen LogP) is 4.34. The fourth-order valence-corrected chi connectivity index (χ4v) is 1.88. The minimum Gasteiger partial charge on any atom is -0.463 e. The van der Waals surface area contributed by atoms with Crippen LogP contribution < -0.4 is 0 Å². The van der Waals surface area contributed by atoms with E-state index in [1.807, 2.05) is 0 Å². The highest BCUT2D eigenvalue weighted by Gasteiger charge is 2.30. The van der Waals surface area contributed by atoms with E-state index in [9.17, 15) is 18.0 Å². The van der Waals surface area contributed by atoms with E-state index in [-0.39, 0.29) is 6.61 Å². The smallest absolute Gasteiger partial charge is 0.416 e. The monoisotopic (exact) mass is 321 g/mol. The summed E-state index contributed by atoms with van der Waals surface area (Å²) in [5.41, 5.74) is 0.724. The van der Waals surface area contributed by atoms with Gasteiger partial charge in [-0.3, -0.25) is 4.98 Å². The number of esters is 1. The van der Waals surface area contributed by atoms with Gasteiger partial charge in [0.25, 0.3) is 0 Å². The molecular formula is C17H14F3NO2. The van der Waals surface area contributed by atoms with Crippen molar-refractivity contribution >= 4 is 12.0 Å². The molecule has 0 aliphatic heterocycles. The summed E-state index contributed by atoms with van der Waals surface area (Å²) in [6.07, 6.45) is -0.116. The molecule has 0 saturated heterocycles. The van der Waals surface area contributed by atoms with Gasteiger partial charge in [-0.2, -0.15) is 13.2 Å². The molecular weight excluding hydrogens is 307 g/mol. The van der Waals surface area contributed by atoms with Crippen LogP contribution in [0.15, 0.2) is 48.7 Å². The first-order valence-electron chi connectivity index (χ1n) is 6.88. The summed E-state index contributed by atoms with van der Waals surface area (Å²) in [7, 11) is 0. The summed E-state index contributed by atoms with van der Waals surface area (Å²) in [6, 6.07) is 8.23. The molecule has 0 unspecified atom stereocenters. The number of hydrogen-bond donors (Lipinski definition) is 0. The summed E-state index contributed by atoms with van der Waals surface area (Å²) in [5, 5.41) is 0. The molecule has 0 bridgehead atoms. The van der Waals surface area contributed by atoms with Gasteiger partial charge in [0.15, 0.2) is 0 Å². The molecule has 1 heterocycles. The SMILES string of the molecule is CCOC(=O)/C=C/c1ccc(-c2cccc(C(F)(F)F)c2)nc1. The topological polar surface area (TPSA) is 39.2 Å². The van der Waals surface area contributed by atoms with E-state index >= 15 is 0 Å². The lowest BCUT2D eigenvalue weighted by atomic mass is 10.1. The Morgan fingerprint density at radius 3 is 2.65 bits per heavy atom. The second kappa shape index (κ2) is 7.09. The summed E-state index contributed by atoms with van der Waals surface area (Å²) in [6.45, 7) is 1.99. The fourth-order valence-electron chi connectivity index (χ4n) is 1.88. The lowest BCUT2D eigenvalue weighted by Gasteiger charge is -2.08. The second-order valence-corrected chi connectivity index (χ2v) is 4.64. The molecule has 3 nitrogen and oxygen atoms in total. The van der Waals surface area contributed by atoms with Crippen molar-refractivity contribution in [2.24, 2.45) is 0 Å². The first-order chi connectivity index (χ1) is 10.9. The van der Waals surface area contributed by atoms with Crippen molar-refractivity contribution < 1.29 is 22.7 Å². The molecule has 0 amide bonds. The van der Waals surface area contributed by atoms with Crippen molar-refractivity contribution in [2.75, 3.05) is 6.61 Å². The molecule has 0 aliphatic rings. The van der Waals surface area contributed by atoms with Crippen LogP contribution >= 0.6 is 0 Å². The predicted molar refractivity (Wildman–Crippen MR) is 80.3 cm³/mol. The van der Waals surface area contributed by atoms with Gasteiger partial charge in [-0.1, -0.05) is 18.2 Å². The number of benzene rings is 1. The molecule has 1 aromatic carbocycles. The largest absolute Gasteiger partial charge is 0.463 e. The highest BCUT2D eigenvalue weighted by Crippen LogP contribution is 2.31. The van der Waals surface area contributed by atoms with Crippen LogP contribution in [0, 0.1) is 0 Å². The van der Waals surface area contributed by atoms with Gasteiger partial charge in [0.05, 0.1) is 17.9 Å². The lowest BCUT2D eigenvalue weighted by Crippen LogP contribution is -2.04. The van der Waals surface area contributed by atoms with Crippen molar-refractivity contribution in [1.29, 1.82) is 0 Å². The average Bonchev–Trinajstić information content (AvgIpc) is 2.53. The molecule has 6 heteroatoms. The number of halogens is 3. The molecule has 0 N–H and O–H groups in total. The normalized spacial score (nSPS) is 11.7. The van der Waals surface area contributed by atoms with Crippen molar-refractivity contribution in [3.05, 3.63) is 59.8 Å². The number of ether oxygens (including phenoxy) is 1. The van der Waals surface area contributed by atoms with Crippen LogP contribution in [0.25, 0.3) is 17.3 Å². The number of alkyl halides is 3. The number of aromatic nitrogens is 1. The van der Waals surface area contributed by atoms with E-state index in [0.717, 1.165) is 12.1 Å². The van der Waals surface area contributed by atoms with Crippen LogP contribution in [0.4, 0.5) is 13.2 Å². The first kappa shape index (κ1) is 16.7. The maximum Gasteiger partial charge on any atom is 0.416 e. The molecule has 23 heavy (non-hydrogen) atoms. The molecule has 0 saturated carbocycles. The van der Waals surface area contributed by atoms with Gasteiger partial charge < -0.3 is 4.74 Å². The molecule has 1 aromatic heterocycles. The van der Waals surface area contributed by atoms with Gasteiger partial charge >= 0.3 is 12.1 Å². The molecule has 0 spiro atoms. The van der Waals surface area contributed by atoms with Crippen LogP contribution in [0.1, 0.15) is 18.1 Å². The molecule has 0 fully saturated rings. The standard InChI is InChI=1S/C17H14F3NO2/c1-2-23-16(22)9-7-12-6-8-15(21-11-12)13-4-3-5-14(10-13)17(18,19)20/h3-11H,2H2,1H3/b9-7+. The third-order valence-electron chi connectivity index (χ3n) is 2.97. The zero-order valence-electron chi connectivity index (χ0n) is 12.3. The average molecular weight is 321 g/mol. The van der Waals surface area contributed by atoms with Crippen LogP contribution in [0.3, 0.4) is 0 Å². The van der Waals surface area contributed by atoms with Crippen molar-refractivity contribution in [1.82, 2.24) is 4.98 Å². The minimum absolute atomic E-state index is 0.288. The molecule has 2 rings (SSSR count). The van der Waals surface area contributed by atoms with Crippen molar-refractivity contribution in [3.63, 3.8) is 0 Å². The number of nitrogens with zero attached hydrogens (tertiary/aromatic N) is 1. The van der Waals surface area contributed by atoms with E-state index < -0.39 is 17.7 Å². The quantitative estimate of drug-likeness (QED) is 0.621. The third-order valence-corrected chi connectivity index (χ3v) is 2.97. The Morgan fingerprint density at radius 2 is 2.04 bits per heavy atom. The zero-order chi connectivity index (χ0) is 16.9. The Bertz CT molecular complexity index is 707. The number of rotatable bonds is 4. The van der Waals surface area contributed by atoms with Gasteiger partial charge in [0.2, 0.25) is 0 Å². The Hall–Kier alpha value is -2.63. The number of carbonyl (C=O) groups excluding carboxylic acids is 1. The van der Waals surface area contributed by atoms with E-state index in [0.29, 0.717) is 16.8 Å². The van der Waals surface area contributed by atoms with E-state index in [4.69, 9.17) is 4.74 Å². The van der Waals surface area contributed by atoms with Crippen molar-refractivity contribution in [3.8, 4) is 11.3 Å². The van der Waals surface area contributed by atoms with Crippen LogP contribution in [0.5, 0.6) is 0 Å². The number of hydrogen-bond acceptors (Lipinski definition) is 3. The summed E-state index contributed by atoms with van der Waals surface area (Å²) in [5.74, 6) is -0.463. The minimum atomic E-state index is -4.39. The van der Waals surface area contributed by atoms with Crippen LogP contribution in [-0.2, 0) is 15.7 Å². The fraction of sp³-hybridized carbons (Fsp3) is 0.176. The number of pyridine rings is 1. The van der Waals surface area contributed by atoms with Gasteiger partial charge in [0.1, 0.15) is 0 Å². The Balaban J connectivity index is 2.18. The highest BCUT2D eigenvalue weighted by atomic mass is 19.4. The van der Waals surface area contributed by atoms with Crippen molar-refractivity contribution in [2.45, 2.75) is 13.1 Å². The lowest BCUT2D eigenvalue weighted by molar-refractivity contribution is -0.138. The Morgan fingerprint density at radius 1 is 1.26 bits per heavy atom. The summed E-state index contributed by atoms with van der Waals surface area (Å²) < 4.78 is 42.9. The van der Waals surface area contributed by atoms with Crippen LogP contribution in [-0.4, -0.2) is 17.6 Å². The second-order valence-electron chi connectivity index (χ2n) is 4.64. The van der Waals surface area contributed by atoms with E-state index in [1.165, 1.54) is 24.4 Å². The Labute approximate surface area is 131 Å². The molecule has 0 atom stereocenters.